The maximum absolute atomic E-state index is 3.88. The molecule has 0 atom stereocenters. The number of hydrogen-bond donors (Lipinski definition) is 0. The second-order valence-corrected chi connectivity index (χ2v) is 23.9. The van der Waals surface area contributed by atoms with E-state index in [4.69, 9.17) is 0 Å². The van der Waals surface area contributed by atoms with Gasteiger partial charge < -0.3 is 24.8 Å². The molecule has 0 heterocycles. The molecule has 6 rings (SSSR count). The number of halogens is 2. The fourth-order valence-corrected chi connectivity index (χ4v) is 6.17. The predicted octanol–water partition coefficient (Wildman–Crippen LogP) is 5.96. The minimum absolute atomic E-state index is 0. The van der Waals surface area contributed by atoms with Crippen LogP contribution in [0.5, 0.6) is 0 Å². The molecule has 0 saturated heterocycles. The van der Waals surface area contributed by atoms with Gasteiger partial charge in [0.1, 0.15) is 0 Å². The molecule has 46 heavy (non-hydrogen) atoms. The van der Waals surface area contributed by atoms with Crippen molar-refractivity contribution in [2.24, 2.45) is 0 Å². The molecule has 1 aliphatic rings. The molecule has 0 bridgehead atoms. The van der Waals surface area contributed by atoms with Gasteiger partial charge >= 0.3 is 54.4 Å². The average molecular weight is 830 g/mol. The maximum atomic E-state index is 3.88. The van der Waals surface area contributed by atoms with Crippen molar-refractivity contribution in [1.29, 1.82) is 0 Å². The Kier molecular flexibility index (Phi) is 15.6. The van der Waals surface area contributed by atoms with Crippen LogP contribution < -0.4 is 24.8 Å². The van der Waals surface area contributed by atoms with E-state index in [0.29, 0.717) is 0 Å². The minimum atomic E-state index is 0. The average Bonchev–Trinajstić information content (AvgIpc) is 3.71. The minimum Gasteiger partial charge on any atom is -1.00 e. The summed E-state index contributed by atoms with van der Waals surface area (Å²) in [4.78, 5) is 0. The molecule has 240 valence electrons. The van der Waals surface area contributed by atoms with Gasteiger partial charge in [-0.15, -0.1) is 28.8 Å². The normalized spacial score (nSPS) is 11.3. The zero-order chi connectivity index (χ0) is 31.9. The van der Waals surface area contributed by atoms with Crippen LogP contribution in [0.2, 0.25) is 12.1 Å². The van der Waals surface area contributed by atoms with Gasteiger partial charge in [-0.25, -0.2) is 12.1 Å². The number of hydrogen-bond acceptors (Lipinski definition) is 0. The summed E-state index contributed by atoms with van der Waals surface area (Å²) in [5.74, 6) is 0. The van der Waals surface area contributed by atoms with Crippen molar-refractivity contribution in [2.75, 3.05) is 0 Å². The molecule has 0 fully saturated rings. The summed E-state index contributed by atoms with van der Waals surface area (Å²) in [6, 6.07) is 45.8. The Morgan fingerprint density at radius 1 is 0.652 bits per heavy atom. The predicted molar refractivity (Wildman–Crippen MR) is 191 cm³/mol. The quantitative estimate of drug-likeness (QED) is 0.152. The topological polar surface area (TPSA) is 0 Å². The Labute approximate surface area is 306 Å². The molecule has 4 heteroatoms. The molecule has 0 aliphatic heterocycles. The van der Waals surface area contributed by atoms with Gasteiger partial charge in [0.05, 0.1) is 0 Å². The molecule has 0 saturated carbocycles. The van der Waals surface area contributed by atoms with Crippen molar-refractivity contribution >= 4 is 5.49 Å². The second kappa shape index (κ2) is 17.9. The summed E-state index contributed by atoms with van der Waals surface area (Å²) in [6.07, 6.45) is 0.944. The van der Waals surface area contributed by atoms with Crippen molar-refractivity contribution in [3.05, 3.63) is 138 Å². The standard InChI is InChI=1S/C33H33.C5H5.C4H10Si.2ClH.Hf/c1-32(2,3)30-20-26-24(18-28(30)22-13-9-7-10-14-22)17-25-19-29(23-15-11-8-12-16-23)31(21-27(25)26)33(4,5)6;1-2-4-5-3-1;1-3-5-4-2;;;/h7-16,18,20-21H,17H2,1-6H3;1-5H;3-4H2,1-2H3;2*1H;/q2*-1;;;;+2/p-2. The van der Waals surface area contributed by atoms with Gasteiger partial charge in [-0.05, 0) is 39.5 Å². The van der Waals surface area contributed by atoms with Crippen molar-refractivity contribution in [3.8, 4) is 33.4 Å². The molecule has 0 unspecified atom stereocenters. The van der Waals surface area contributed by atoms with E-state index in [9.17, 15) is 0 Å². The molecule has 0 N–H and O–H groups in total. The first kappa shape index (κ1) is 40.1. The molecule has 0 nitrogen and oxygen atoms in total. The first-order valence-corrected chi connectivity index (χ1v) is 23.4. The van der Waals surface area contributed by atoms with Gasteiger partial charge in [0, 0.05) is 0 Å². The summed E-state index contributed by atoms with van der Waals surface area (Å²) < 4.78 is 0. The van der Waals surface area contributed by atoms with Gasteiger partial charge in [-0.3, -0.25) is 0 Å². The van der Waals surface area contributed by atoms with Gasteiger partial charge in [-0.2, -0.15) is 18.2 Å². The molecule has 0 spiro atoms. The molecule has 0 aromatic heterocycles. The van der Waals surface area contributed by atoms with E-state index in [1.54, 1.807) is 0 Å². The molecular weight excluding hydrogens is 782 g/mol. The Hall–Kier alpha value is -2.10. The molecule has 5 aromatic carbocycles. The van der Waals surface area contributed by atoms with Crippen molar-refractivity contribution in [3.63, 3.8) is 0 Å². The van der Waals surface area contributed by atoms with E-state index in [1.807, 2.05) is 30.3 Å². The molecular formula is C42H48Cl2HfSi-2. The third-order valence-corrected chi connectivity index (χ3v) is 17.6. The second-order valence-electron chi connectivity index (χ2n) is 13.7. The van der Waals surface area contributed by atoms with Gasteiger partial charge in [0.15, 0.2) is 0 Å². The fourth-order valence-electron chi connectivity index (χ4n) is 5.67. The van der Waals surface area contributed by atoms with Crippen LogP contribution >= 0.6 is 0 Å². The summed E-state index contributed by atoms with van der Waals surface area (Å²) in [5, 5.41) is 0. The largest absolute Gasteiger partial charge is 1.00 e. The fraction of sp³-hybridized carbons (Fsp3) is 0.310. The van der Waals surface area contributed by atoms with E-state index >= 15 is 0 Å². The summed E-state index contributed by atoms with van der Waals surface area (Å²) in [5.41, 5.74) is 13.8. The summed E-state index contributed by atoms with van der Waals surface area (Å²) in [7, 11) is 0. The van der Waals surface area contributed by atoms with E-state index in [2.05, 4.69) is 140 Å². The van der Waals surface area contributed by atoms with Gasteiger partial charge in [-0.1, -0.05) is 131 Å². The van der Waals surface area contributed by atoms with E-state index < -0.39 is 0 Å². The van der Waals surface area contributed by atoms with Crippen LogP contribution in [0.4, 0.5) is 0 Å². The van der Waals surface area contributed by atoms with E-state index in [1.165, 1.54) is 90.7 Å². The van der Waals surface area contributed by atoms with Crippen LogP contribution in [-0.2, 0) is 40.3 Å². The zero-order valence-electron chi connectivity index (χ0n) is 28.8. The zero-order valence-corrected chi connectivity index (χ0v) is 34.9. The first-order chi connectivity index (χ1) is 20.9. The monoisotopic (exact) mass is 830 g/mol. The Balaban J connectivity index is 0.000000485. The van der Waals surface area contributed by atoms with Gasteiger partial charge in [0.25, 0.3) is 0 Å². The Bertz CT molecular complexity index is 1530. The van der Waals surface area contributed by atoms with Gasteiger partial charge in [0.2, 0.25) is 0 Å². The van der Waals surface area contributed by atoms with E-state index in [-0.39, 0.29) is 41.1 Å². The van der Waals surface area contributed by atoms with Crippen LogP contribution in [-0.4, -0.2) is 5.49 Å². The van der Waals surface area contributed by atoms with Crippen molar-refractivity contribution in [2.45, 2.75) is 84.7 Å². The number of benzene rings is 4. The maximum Gasteiger partial charge on any atom is -0.172 e. The summed E-state index contributed by atoms with van der Waals surface area (Å²) >= 11 is 1.49. The SMILES string of the molecule is CC(C)(C)c1cc2c([c-]c1-c1ccccc1)Cc1cc(-c3ccccc3)c(C(C)(C)C)cc1-2.CC[Si](=[Hf+2])CC.[Cl-].[Cl-].c1cc[cH-]c1. The van der Waals surface area contributed by atoms with Crippen LogP contribution in [0, 0.1) is 6.07 Å². The molecule has 1 aliphatic carbocycles. The van der Waals surface area contributed by atoms with Crippen LogP contribution in [0.15, 0.2) is 109 Å². The molecule has 5 aromatic rings. The van der Waals surface area contributed by atoms with Crippen molar-refractivity contribution < 1.29 is 47.8 Å². The Morgan fingerprint density at radius 2 is 1.15 bits per heavy atom. The molecule has 0 radical (unpaired) electrons. The smallest absolute Gasteiger partial charge is 0.172 e. The van der Waals surface area contributed by atoms with Crippen LogP contribution in [0.3, 0.4) is 0 Å². The number of rotatable bonds is 4. The first-order valence-electron chi connectivity index (χ1n) is 16.0. The van der Waals surface area contributed by atoms with Crippen LogP contribution in [0.25, 0.3) is 33.4 Å². The Morgan fingerprint density at radius 3 is 1.59 bits per heavy atom. The van der Waals surface area contributed by atoms with Crippen LogP contribution in [0.1, 0.15) is 77.6 Å². The summed E-state index contributed by atoms with van der Waals surface area (Å²) in [6.45, 7) is 18.5. The third-order valence-electron chi connectivity index (χ3n) is 8.23. The van der Waals surface area contributed by atoms with E-state index in [0.717, 1.165) is 6.42 Å². The van der Waals surface area contributed by atoms with Crippen molar-refractivity contribution in [1.82, 2.24) is 0 Å². The molecule has 0 amide bonds. The third kappa shape index (κ3) is 10.2. The number of fused-ring (bicyclic) bond motifs is 3.